The molecule has 1 unspecified atom stereocenters. The third kappa shape index (κ3) is 5.07. The largest absolute Gasteiger partial charge is 0.407 e. The van der Waals surface area contributed by atoms with Crippen LogP contribution in [0.4, 0.5) is 10.1 Å². The van der Waals surface area contributed by atoms with Crippen LogP contribution in [0.3, 0.4) is 0 Å². The molecular formula is C19H24FNOSi. The zero-order chi connectivity index (χ0) is 16.9. The fraction of sp³-hybridized carbons (Fsp3) is 0.316. The van der Waals surface area contributed by atoms with Gasteiger partial charge in [0, 0.05) is 18.3 Å². The van der Waals surface area contributed by atoms with Gasteiger partial charge in [-0.2, -0.15) is 0 Å². The van der Waals surface area contributed by atoms with Crippen molar-refractivity contribution in [1.29, 1.82) is 0 Å². The summed E-state index contributed by atoms with van der Waals surface area (Å²) in [4.78, 5) is 2.03. The summed E-state index contributed by atoms with van der Waals surface area (Å²) >= 11 is 0. The second kappa shape index (κ2) is 7.13. The van der Waals surface area contributed by atoms with Gasteiger partial charge in [-0.25, -0.2) is 4.39 Å². The Morgan fingerprint density at radius 2 is 2.17 bits per heavy atom. The highest BCUT2D eigenvalue weighted by Crippen LogP contribution is 2.30. The van der Waals surface area contributed by atoms with Crippen LogP contribution in [0.2, 0.25) is 19.6 Å². The maximum Gasteiger partial charge on any atom is 0.185 e. The molecule has 0 bridgehead atoms. The van der Waals surface area contributed by atoms with Crippen molar-refractivity contribution in [3.05, 3.63) is 72.9 Å². The van der Waals surface area contributed by atoms with E-state index in [2.05, 4.69) is 38.0 Å². The lowest BCUT2D eigenvalue weighted by molar-refractivity contribution is 0.124. The lowest BCUT2D eigenvalue weighted by Gasteiger charge is -2.39. The molecule has 1 aliphatic rings. The van der Waals surface area contributed by atoms with Crippen molar-refractivity contribution in [2.45, 2.75) is 31.7 Å². The maximum absolute atomic E-state index is 13.6. The van der Waals surface area contributed by atoms with Crippen LogP contribution in [0.15, 0.2) is 67.1 Å². The SMILES string of the molecule is C=C=CCC1(O[Si](C)(C)C)C=CC=CN(c2cccc(F)c2)C1. The third-order valence-corrected chi connectivity index (χ3v) is 4.48. The van der Waals surface area contributed by atoms with E-state index in [9.17, 15) is 4.39 Å². The van der Waals surface area contributed by atoms with E-state index in [1.165, 1.54) is 12.1 Å². The van der Waals surface area contributed by atoms with Gasteiger partial charge in [0.25, 0.3) is 0 Å². The van der Waals surface area contributed by atoms with E-state index in [4.69, 9.17) is 4.43 Å². The zero-order valence-corrected chi connectivity index (χ0v) is 15.1. The second-order valence-electron chi connectivity index (χ2n) is 6.70. The smallest absolute Gasteiger partial charge is 0.185 e. The highest BCUT2D eigenvalue weighted by molar-refractivity contribution is 6.69. The zero-order valence-electron chi connectivity index (χ0n) is 14.1. The van der Waals surface area contributed by atoms with E-state index in [0.717, 1.165) is 5.69 Å². The van der Waals surface area contributed by atoms with Crippen molar-refractivity contribution < 1.29 is 8.82 Å². The minimum atomic E-state index is -1.78. The molecule has 0 fully saturated rings. The monoisotopic (exact) mass is 329 g/mol. The summed E-state index contributed by atoms with van der Waals surface area (Å²) in [5, 5.41) is 0. The standard InChI is InChI=1S/C19H24FNOSi/c1-5-6-12-19(22-23(2,3)4)13-7-8-14-21(16-19)18-11-9-10-17(20)15-18/h6-11,13-15H,1,12,16H2,2-4H3. The Hall–Kier alpha value is -1.87. The number of nitrogens with zero attached hydrogens (tertiary/aromatic N) is 1. The van der Waals surface area contributed by atoms with E-state index < -0.39 is 13.9 Å². The van der Waals surface area contributed by atoms with Crippen molar-refractivity contribution in [2.24, 2.45) is 0 Å². The number of hydrogen-bond acceptors (Lipinski definition) is 2. The van der Waals surface area contributed by atoms with Gasteiger partial charge in [0.15, 0.2) is 8.32 Å². The molecule has 0 saturated carbocycles. The summed E-state index contributed by atoms with van der Waals surface area (Å²) in [6.07, 6.45) is 10.6. The summed E-state index contributed by atoms with van der Waals surface area (Å²) < 4.78 is 20.1. The van der Waals surface area contributed by atoms with Gasteiger partial charge in [-0.05, 0) is 50.0 Å². The lowest BCUT2D eigenvalue weighted by atomic mass is 9.98. The average Bonchev–Trinajstić information content (AvgIpc) is 2.66. The first-order valence-corrected chi connectivity index (χ1v) is 11.2. The fourth-order valence-corrected chi connectivity index (χ4v) is 4.14. The Kier molecular flexibility index (Phi) is 5.42. The molecule has 2 nitrogen and oxygen atoms in total. The number of rotatable bonds is 5. The summed E-state index contributed by atoms with van der Waals surface area (Å²) in [5.41, 5.74) is 3.19. The Bertz CT molecular complexity index is 656. The van der Waals surface area contributed by atoms with Crippen molar-refractivity contribution in [1.82, 2.24) is 0 Å². The van der Waals surface area contributed by atoms with Crippen molar-refractivity contribution in [3.63, 3.8) is 0 Å². The Morgan fingerprint density at radius 3 is 2.83 bits per heavy atom. The van der Waals surface area contributed by atoms with E-state index in [1.807, 2.05) is 35.4 Å². The molecule has 1 heterocycles. The second-order valence-corrected chi connectivity index (χ2v) is 11.1. The Balaban J connectivity index is 2.36. The molecule has 0 saturated heterocycles. The van der Waals surface area contributed by atoms with Crippen LogP contribution in [-0.2, 0) is 4.43 Å². The highest BCUT2D eigenvalue weighted by atomic mass is 28.4. The Labute approximate surface area is 139 Å². The summed E-state index contributed by atoms with van der Waals surface area (Å²) in [6.45, 7) is 10.8. The quantitative estimate of drug-likeness (QED) is 0.554. The summed E-state index contributed by atoms with van der Waals surface area (Å²) in [6, 6.07) is 6.62. The number of anilines is 1. The number of allylic oxidation sites excluding steroid dienone is 2. The van der Waals surface area contributed by atoms with Gasteiger partial charge < -0.3 is 9.33 Å². The van der Waals surface area contributed by atoms with Crippen LogP contribution in [-0.4, -0.2) is 20.5 Å². The molecular weight excluding hydrogens is 305 g/mol. The molecule has 4 heteroatoms. The van der Waals surface area contributed by atoms with Crippen LogP contribution < -0.4 is 4.90 Å². The molecule has 1 aromatic rings. The van der Waals surface area contributed by atoms with E-state index in [1.54, 1.807) is 6.07 Å². The first kappa shape index (κ1) is 17.5. The molecule has 0 spiro atoms. The van der Waals surface area contributed by atoms with E-state index >= 15 is 0 Å². The van der Waals surface area contributed by atoms with Crippen LogP contribution >= 0.6 is 0 Å². The molecule has 122 valence electrons. The predicted octanol–water partition coefficient (Wildman–Crippen LogP) is 5.04. The molecule has 23 heavy (non-hydrogen) atoms. The van der Waals surface area contributed by atoms with Crippen LogP contribution in [0.25, 0.3) is 0 Å². The minimum Gasteiger partial charge on any atom is -0.407 e. The predicted molar refractivity (Wildman–Crippen MR) is 97.5 cm³/mol. The lowest BCUT2D eigenvalue weighted by Crippen LogP contribution is -2.47. The molecule has 2 rings (SSSR count). The minimum absolute atomic E-state index is 0.240. The van der Waals surface area contributed by atoms with Crippen LogP contribution in [0, 0.1) is 5.82 Å². The summed E-state index contributed by atoms with van der Waals surface area (Å²) in [5.74, 6) is -0.240. The van der Waals surface area contributed by atoms with E-state index in [0.29, 0.717) is 13.0 Å². The van der Waals surface area contributed by atoms with Gasteiger partial charge >= 0.3 is 0 Å². The molecule has 1 aromatic carbocycles. The summed E-state index contributed by atoms with van der Waals surface area (Å²) in [7, 11) is -1.78. The first-order chi connectivity index (χ1) is 10.8. The molecule has 0 N–H and O–H groups in total. The topological polar surface area (TPSA) is 12.5 Å². The number of halogens is 1. The first-order valence-electron chi connectivity index (χ1n) is 7.76. The van der Waals surface area contributed by atoms with Gasteiger partial charge in [0.2, 0.25) is 0 Å². The number of benzene rings is 1. The average molecular weight is 329 g/mol. The van der Waals surface area contributed by atoms with Gasteiger partial charge in [-0.3, -0.25) is 0 Å². The normalized spacial score (nSPS) is 21.0. The molecule has 0 amide bonds. The molecule has 0 aromatic heterocycles. The molecule has 1 atom stereocenters. The van der Waals surface area contributed by atoms with Gasteiger partial charge in [0.05, 0.1) is 12.1 Å². The molecule has 0 radical (unpaired) electrons. The van der Waals surface area contributed by atoms with Crippen LogP contribution in [0.1, 0.15) is 6.42 Å². The fourth-order valence-electron chi connectivity index (χ4n) is 2.71. The highest BCUT2D eigenvalue weighted by Gasteiger charge is 2.35. The third-order valence-electron chi connectivity index (χ3n) is 3.46. The van der Waals surface area contributed by atoms with Crippen molar-refractivity contribution in [2.75, 3.05) is 11.4 Å². The van der Waals surface area contributed by atoms with Gasteiger partial charge in [-0.1, -0.05) is 24.8 Å². The van der Waals surface area contributed by atoms with E-state index in [-0.39, 0.29) is 5.82 Å². The maximum atomic E-state index is 13.6. The van der Waals surface area contributed by atoms with Gasteiger partial charge in [-0.15, -0.1) is 5.73 Å². The number of hydrogen-bond donors (Lipinski definition) is 0. The van der Waals surface area contributed by atoms with Crippen LogP contribution in [0.5, 0.6) is 0 Å². The molecule has 0 aliphatic carbocycles. The van der Waals surface area contributed by atoms with Crippen molar-refractivity contribution >= 4 is 14.0 Å². The molecule has 1 aliphatic heterocycles. The van der Waals surface area contributed by atoms with Gasteiger partial charge in [0.1, 0.15) is 5.82 Å². The Morgan fingerprint density at radius 1 is 1.39 bits per heavy atom. The van der Waals surface area contributed by atoms with Crippen molar-refractivity contribution in [3.8, 4) is 0 Å².